The Labute approximate surface area is 145 Å². The number of aryl methyl sites for hydroxylation is 1. The van der Waals surface area contributed by atoms with E-state index in [0.717, 1.165) is 55.5 Å². The quantitative estimate of drug-likeness (QED) is 0.812. The maximum Gasteiger partial charge on any atom is 0.230 e. The number of nitrogens with zero attached hydrogens (tertiary/aromatic N) is 5. The average Bonchev–Trinajstić information content (AvgIpc) is 3.06. The zero-order valence-electron chi connectivity index (χ0n) is 14.3. The van der Waals surface area contributed by atoms with Gasteiger partial charge in [-0.15, -0.1) is 0 Å². The molecule has 0 spiro atoms. The molecule has 1 saturated heterocycles. The van der Waals surface area contributed by atoms with Crippen LogP contribution < -0.4 is 4.90 Å². The second-order valence-corrected chi connectivity index (χ2v) is 6.40. The minimum absolute atomic E-state index is 0.0355. The number of aromatic nitrogens is 3. The van der Waals surface area contributed by atoms with E-state index >= 15 is 0 Å². The Bertz CT molecular complexity index is 769. The van der Waals surface area contributed by atoms with Crippen LogP contribution in [0.1, 0.15) is 22.7 Å². The molecule has 0 bridgehead atoms. The number of ether oxygens (including phenoxy) is 1. The van der Waals surface area contributed by atoms with Crippen LogP contribution >= 0.6 is 0 Å². The van der Waals surface area contributed by atoms with Crippen molar-refractivity contribution in [1.29, 1.82) is 0 Å². The molecule has 25 heavy (non-hydrogen) atoms. The van der Waals surface area contributed by atoms with Crippen molar-refractivity contribution in [2.75, 3.05) is 37.7 Å². The highest BCUT2D eigenvalue weighted by Gasteiger charge is 2.27. The monoisotopic (exact) mass is 343 g/mol. The van der Waals surface area contributed by atoms with Crippen molar-refractivity contribution < 1.29 is 14.1 Å². The topological polar surface area (TPSA) is 84.6 Å². The van der Waals surface area contributed by atoms with Crippen LogP contribution in [-0.2, 0) is 28.9 Å². The zero-order chi connectivity index (χ0) is 17.2. The number of hydrogen-bond donors (Lipinski definition) is 0. The summed E-state index contributed by atoms with van der Waals surface area (Å²) in [6, 6.07) is 1.80. The summed E-state index contributed by atoms with van der Waals surface area (Å²) >= 11 is 0. The molecule has 0 N–H and O–H groups in total. The third kappa shape index (κ3) is 3.34. The van der Waals surface area contributed by atoms with Gasteiger partial charge in [-0.25, -0.2) is 9.97 Å². The van der Waals surface area contributed by atoms with Crippen molar-refractivity contribution in [3.8, 4) is 0 Å². The van der Waals surface area contributed by atoms with Gasteiger partial charge in [-0.2, -0.15) is 0 Å². The Hall–Kier alpha value is -2.48. The standard InChI is InChI=1S/C17H21N5O3/c1-12-8-13(25-20-12)9-16(23)22-3-2-14-15(10-22)18-11-19-17(14)21-4-6-24-7-5-21/h8,11H,2-7,9-10H2,1H3. The molecule has 0 atom stereocenters. The number of anilines is 1. The molecule has 0 aliphatic carbocycles. The van der Waals surface area contributed by atoms with E-state index in [4.69, 9.17) is 9.26 Å². The Kier molecular flexibility index (Phi) is 4.35. The number of amides is 1. The van der Waals surface area contributed by atoms with Crippen molar-refractivity contribution in [1.82, 2.24) is 20.0 Å². The van der Waals surface area contributed by atoms with E-state index in [1.165, 1.54) is 0 Å². The first-order valence-corrected chi connectivity index (χ1v) is 8.56. The summed E-state index contributed by atoms with van der Waals surface area (Å²) in [5, 5.41) is 3.83. The Balaban J connectivity index is 1.48. The third-order valence-corrected chi connectivity index (χ3v) is 4.65. The lowest BCUT2D eigenvalue weighted by Gasteiger charge is -2.33. The van der Waals surface area contributed by atoms with Crippen LogP contribution in [0, 0.1) is 6.92 Å². The summed E-state index contributed by atoms with van der Waals surface area (Å²) in [7, 11) is 0. The van der Waals surface area contributed by atoms with Crippen LogP contribution in [0.25, 0.3) is 0 Å². The molecule has 8 nitrogen and oxygen atoms in total. The van der Waals surface area contributed by atoms with Crippen molar-refractivity contribution >= 4 is 11.7 Å². The average molecular weight is 343 g/mol. The molecule has 0 saturated carbocycles. The highest BCUT2D eigenvalue weighted by molar-refractivity contribution is 5.78. The van der Waals surface area contributed by atoms with E-state index in [-0.39, 0.29) is 12.3 Å². The number of carbonyl (C=O) groups excluding carboxylic acids is 1. The Morgan fingerprint density at radius 1 is 1.24 bits per heavy atom. The van der Waals surface area contributed by atoms with Gasteiger partial charge in [0.1, 0.15) is 17.9 Å². The number of hydrogen-bond acceptors (Lipinski definition) is 7. The summed E-state index contributed by atoms with van der Waals surface area (Å²) < 4.78 is 10.6. The van der Waals surface area contributed by atoms with Crippen LogP contribution in [0.5, 0.6) is 0 Å². The van der Waals surface area contributed by atoms with E-state index in [9.17, 15) is 4.79 Å². The molecule has 2 aliphatic rings. The van der Waals surface area contributed by atoms with Gasteiger partial charge in [0, 0.05) is 31.3 Å². The fraction of sp³-hybridized carbons (Fsp3) is 0.529. The van der Waals surface area contributed by atoms with Gasteiger partial charge >= 0.3 is 0 Å². The van der Waals surface area contributed by atoms with Gasteiger partial charge in [-0.3, -0.25) is 4.79 Å². The number of morpholine rings is 1. The summed E-state index contributed by atoms with van der Waals surface area (Å²) in [4.78, 5) is 25.5. The molecule has 0 unspecified atom stereocenters. The highest BCUT2D eigenvalue weighted by atomic mass is 16.5. The molecule has 1 amide bonds. The van der Waals surface area contributed by atoms with Crippen molar-refractivity contribution in [3.63, 3.8) is 0 Å². The molecule has 2 aliphatic heterocycles. The summed E-state index contributed by atoms with van der Waals surface area (Å²) in [6.07, 6.45) is 2.60. The predicted molar refractivity (Wildman–Crippen MR) is 89.1 cm³/mol. The van der Waals surface area contributed by atoms with Crippen molar-refractivity contribution in [2.45, 2.75) is 26.3 Å². The fourth-order valence-corrected chi connectivity index (χ4v) is 3.36. The molecular formula is C17H21N5O3. The summed E-state index contributed by atoms with van der Waals surface area (Å²) in [5.74, 6) is 1.63. The highest BCUT2D eigenvalue weighted by Crippen LogP contribution is 2.26. The van der Waals surface area contributed by atoms with Gasteiger partial charge in [0.25, 0.3) is 0 Å². The maximum absolute atomic E-state index is 12.5. The van der Waals surface area contributed by atoms with Crippen LogP contribution in [0.2, 0.25) is 0 Å². The van der Waals surface area contributed by atoms with E-state index < -0.39 is 0 Å². The molecule has 8 heteroatoms. The van der Waals surface area contributed by atoms with Gasteiger partial charge in [-0.05, 0) is 13.3 Å². The second kappa shape index (κ2) is 6.79. The fourth-order valence-electron chi connectivity index (χ4n) is 3.36. The number of rotatable bonds is 3. The van der Waals surface area contributed by atoms with E-state index in [1.54, 1.807) is 12.4 Å². The lowest BCUT2D eigenvalue weighted by Crippen LogP contribution is -2.41. The molecule has 4 heterocycles. The van der Waals surface area contributed by atoms with Crippen LogP contribution in [-0.4, -0.2) is 58.8 Å². The Morgan fingerprint density at radius 2 is 2.08 bits per heavy atom. The summed E-state index contributed by atoms with van der Waals surface area (Å²) in [5.41, 5.74) is 2.88. The van der Waals surface area contributed by atoms with Crippen LogP contribution in [0.4, 0.5) is 5.82 Å². The van der Waals surface area contributed by atoms with E-state index in [1.807, 2.05) is 11.8 Å². The molecular weight excluding hydrogens is 322 g/mol. The van der Waals surface area contributed by atoms with Gasteiger partial charge in [0.2, 0.25) is 5.91 Å². The van der Waals surface area contributed by atoms with Gasteiger partial charge in [-0.1, -0.05) is 5.16 Å². The predicted octanol–water partition coefficient (Wildman–Crippen LogP) is 0.737. The molecule has 4 rings (SSSR count). The van der Waals surface area contributed by atoms with Crippen LogP contribution in [0.15, 0.2) is 16.9 Å². The minimum atomic E-state index is 0.0355. The van der Waals surface area contributed by atoms with E-state index in [2.05, 4.69) is 20.0 Å². The van der Waals surface area contributed by atoms with Gasteiger partial charge < -0.3 is 19.1 Å². The second-order valence-electron chi connectivity index (χ2n) is 6.40. The molecule has 2 aromatic rings. The van der Waals surface area contributed by atoms with Gasteiger partial charge in [0.15, 0.2) is 0 Å². The first-order chi connectivity index (χ1) is 12.2. The van der Waals surface area contributed by atoms with Gasteiger partial charge in [0.05, 0.1) is 37.6 Å². The largest absolute Gasteiger partial charge is 0.378 e. The zero-order valence-corrected chi connectivity index (χ0v) is 14.3. The number of carbonyl (C=O) groups is 1. The SMILES string of the molecule is Cc1cc(CC(=O)N2CCc3c(ncnc3N3CCOCC3)C2)on1. The van der Waals surface area contributed by atoms with Crippen molar-refractivity contribution in [3.05, 3.63) is 35.1 Å². The molecule has 0 radical (unpaired) electrons. The van der Waals surface area contributed by atoms with Crippen LogP contribution in [0.3, 0.4) is 0 Å². The number of fused-ring (bicyclic) bond motifs is 1. The lowest BCUT2D eigenvalue weighted by molar-refractivity contribution is -0.131. The normalized spacial score (nSPS) is 17.5. The summed E-state index contributed by atoms with van der Waals surface area (Å²) in [6.45, 7) is 6.16. The smallest absolute Gasteiger partial charge is 0.230 e. The first kappa shape index (κ1) is 16.0. The lowest BCUT2D eigenvalue weighted by atomic mass is 10.0. The minimum Gasteiger partial charge on any atom is -0.378 e. The molecule has 2 aromatic heterocycles. The molecule has 0 aromatic carbocycles. The molecule has 132 valence electrons. The Morgan fingerprint density at radius 3 is 2.84 bits per heavy atom. The molecule has 1 fully saturated rings. The maximum atomic E-state index is 12.5. The van der Waals surface area contributed by atoms with E-state index in [0.29, 0.717) is 18.8 Å². The van der Waals surface area contributed by atoms with Crippen molar-refractivity contribution in [2.24, 2.45) is 0 Å². The first-order valence-electron chi connectivity index (χ1n) is 8.56. The third-order valence-electron chi connectivity index (χ3n) is 4.65.